The van der Waals surface area contributed by atoms with E-state index in [2.05, 4.69) is 0 Å². The summed E-state index contributed by atoms with van der Waals surface area (Å²) in [7, 11) is 0. The fraction of sp³-hybridized carbons (Fsp3) is 0.500. The van der Waals surface area contributed by atoms with Crippen LogP contribution in [0.1, 0.15) is 0 Å². The largest absolute Gasteiger partial charge is 0.479 e. The number of hydrogen-bond donors (Lipinski definition) is 3. The minimum atomic E-state index is -3.43. The Morgan fingerprint density at radius 2 is 1.25 bits per heavy atom. The zero-order valence-electron chi connectivity index (χ0n) is 5.29. The highest BCUT2D eigenvalue weighted by Crippen LogP contribution is 2.38. The summed E-state index contributed by atoms with van der Waals surface area (Å²) in [5, 5.41) is 25.4. The fourth-order valence-corrected chi connectivity index (χ4v) is 0.819. The van der Waals surface area contributed by atoms with Crippen LogP contribution in [0, 0.1) is 0 Å². The molecule has 3 N–H and O–H groups in total. The SMILES string of the molecule is O=C(O)C(O)(C(=O)O)C(Cl)(Cl)Cl. The number of hydrogen-bond acceptors (Lipinski definition) is 3. The Morgan fingerprint density at radius 1 is 1.00 bits per heavy atom. The number of halogens is 3. The third kappa shape index (κ3) is 1.74. The van der Waals surface area contributed by atoms with E-state index in [9.17, 15) is 9.59 Å². The number of aliphatic carboxylic acids is 2. The van der Waals surface area contributed by atoms with Crippen LogP contribution in [0.15, 0.2) is 0 Å². The predicted octanol–water partition coefficient (Wildman–Crippen LogP) is 0.257. The monoisotopic (exact) mass is 236 g/mol. The smallest absolute Gasteiger partial charge is 0.352 e. The van der Waals surface area contributed by atoms with Crippen molar-refractivity contribution in [2.24, 2.45) is 0 Å². The molecule has 12 heavy (non-hydrogen) atoms. The molecule has 0 aromatic heterocycles. The summed E-state index contributed by atoms with van der Waals surface area (Å²) in [5.74, 6) is -4.29. The lowest BCUT2D eigenvalue weighted by atomic mass is 10.1. The molecule has 0 spiro atoms. The van der Waals surface area contributed by atoms with Crippen LogP contribution in [0.4, 0.5) is 0 Å². The van der Waals surface area contributed by atoms with Crippen LogP contribution in [0.25, 0.3) is 0 Å². The topological polar surface area (TPSA) is 94.8 Å². The van der Waals surface area contributed by atoms with Crippen molar-refractivity contribution in [3.05, 3.63) is 0 Å². The molecule has 0 aliphatic heterocycles. The molecule has 0 aromatic rings. The van der Waals surface area contributed by atoms with Crippen molar-refractivity contribution < 1.29 is 24.9 Å². The maximum Gasteiger partial charge on any atom is 0.352 e. The number of alkyl halides is 3. The molecule has 0 fully saturated rings. The quantitative estimate of drug-likeness (QED) is 0.473. The predicted molar refractivity (Wildman–Crippen MR) is 40.5 cm³/mol. The molecule has 70 valence electrons. The Kier molecular flexibility index (Phi) is 3.19. The van der Waals surface area contributed by atoms with Crippen molar-refractivity contribution in [1.29, 1.82) is 0 Å². The van der Waals surface area contributed by atoms with E-state index in [-0.39, 0.29) is 0 Å². The number of carboxylic acid groups (broad SMARTS) is 2. The van der Waals surface area contributed by atoms with Gasteiger partial charge in [0.2, 0.25) is 3.79 Å². The molecule has 0 bridgehead atoms. The van der Waals surface area contributed by atoms with Gasteiger partial charge in [0.05, 0.1) is 0 Å². The maximum atomic E-state index is 10.2. The molecule has 0 atom stereocenters. The van der Waals surface area contributed by atoms with Crippen molar-refractivity contribution in [1.82, 2.24) is 0 Å². The van der Waals surface area contributed by atoms with Crippen molar-refractivity contribution in [3.63, 3.8) is 0 Å². The fourth-order valence-electron chi connectivity index (χ4n) is 0.334. The van der Waals surface area contributed by atoms with Gasteiger partial charge >= 0.3 is 17.5 Å². The molecular weight excluding hydrogens is 234 g/mol. The average Bonchev–Trinajstić information content (AvgIpc) is 1.82. The number of carbonyl (C=O) groups is 2. The molecule has 0 heterocycles. The van der Waals surface area contributed by atoms with Crippen LogP contribution >= 0.6 is 34.8 Å². The van der Waals surface area contributed by atoms with Crippen LogP contribution in [-0.4, -0.2) is 36.7 Å². The summed E-state index contributed by atoms with van der Waals surface area (Å²) < 4.78 is -2.83. The first-order valence-corrected chi connectivity index (χ1v) is 3.53. The van der Waals surface area contributed by atoms with E-state index in [0.717, 1.165) is 0 Å². The molecule has 0 rings (SSSR count). The summed E-state index contributed by atoms with van der Waals surface area (Å²) >= 11 is 14.8. The van der Waals surface area contributed by atoms with E-state index in [1.807, 2.05) is 0 Å². The Balaban J connectivity index is 5.17. The van der Waals surface area contributed by atoms with E-state index in [1.54, 1.807) is 0 Å². The van der Waals surface area contributed by atoms with Gasteiger partial charge in [-0.1, -0.05) is 34.8 Å². The highest BCUT2D eigenvalue weighted by atomic mass is 35.6. The third-order valence-corrected chi connectivity index (χ3v) is 1.85. The van der Waals surface area contributed by atoms with Gasteiger partial charge < -0.3 is 15.3 Å². The summed E-state index contributed by atoms with van der Waals surface area (Å²) in [4.78, 5) is 20.5. The first-order valence-electron chi connectivity index (χ1n) is 2.40. The molecule has 0 aliphatic rings. The second-order valence-corrected chi connectivity index (χ2v) is 4.10. The van der Waals surface area contributed by atoms with Gasteiger partial charge in [-0.05, 0) is 0 Å². The van der Waals surface area contributed by atoms with E-state index in [0.29, 0.717) is 0 Å². The Labute approximate surface area is 81.4 Å². The summed E-state index contributed by atoms with van der Waals surface area (Å²) in [5.41, 5.74) is -3.43. The zero-order valence-corrected chi connectivity index (χ0v) is 7.56. The molecule has 0 saturated heterocycles. The number of rotatable bonds is 2. The zero-order chi connectivity index (χ0) is 10.2. The van der Waals surface area contributed by atoms with Crippen LogP contribution in [0.5, 0.6) is 0 Å². The van der Waals surface area contributed by atoms with Gasteiger partial charge in [0.25, 0.3) is 0 Å². The molecule has 8 heteroatoms. The molecule has 0 saturated carbocycles. The average molecular weight is 237 g/mol. The van der Waals surface area contributed by atoms with Gasteiger partial charge in [-0.15, -0.1) is 0 Å². The minimum Gasteiger partial charge on any atom is -0.479 e. The summed E-state index contributed by atoms with van der Waals surface area (Å²) in [6, 6.07) is 0. The van der Waals surface area contributed by atoms with Crippen LogP contribution in [-0.2, 0) is 9.59 Å². The maximum absolute atomic E-state index is 10.2. The second-order valence-electron chi connectivity index (χ2n) is 1.82. The van der Waals surface area contributed by atoms with Crippen molar-refractivity contribution in [3.8, 4) is 0 Å². The summed E-state index contributed by atoms with van der Waals surface area (Å²) in [6.07, 6.45) is 0. The highest BCUT2D eigenvalue weighted by molar-refractivity contribution is 6.70. The van der Waals surface area contributed by atoms with Gasteiger partial charge in [-0.3, -0.25) is 0 Å². The Hall–Kier alpha value is -0.230. The van der Waals surface area contributed by atoms with Crippen LogP contribution in [0.3, 0.4) is 0 Å². The van der Waals surface area contributed by atoms with Crippen LogP contribution < -0.4 is 0 Å². The van der Waals surface area contributed by atoms with E-state index in [4.69, 9.17) is 50.1 Å². The molecule has 0 aromatic carbocycles. The van der Waals surface area contributed by atoms with Gasteiger partial charge in [-0.25, -0.2) is 9.59 Å². The Morgan fingerprint density at radius 3 is 1.25 bits per heavy atom. The summed E-state index contributed by atoms with van der Waals surface area (Å²) in [6.45, 7) is 0. The first kappa shape index (κ1) is 11.8. The van der Waals surface area contributed by atoms with E-state index < -0.39 is 21.3 Å². The lowest BCUT2D eigenvalue weighted by molar-refractivity contribution is -0.175. The molecular formula is C4H3Cl3O5. The molecule has 0 amide bonds. The molecule has 0 unspecified atom stereocenters. The first-order chi connectivity index (χ1) is 5.14. The standard InChI is InChI=1S/C4H3Cl3O5/c5-4(6,7)3(12,1(8)9)2(10)11/h12H,(H,8,9)(H,10,11). The van der Waals surface area contributed by atoms with Crippen molar-refractivity contribution >= 4 is 46.7 Å². The molecule has 0 aliphatic carbocycles. The van der Waals surface area contributed by atoms with E-state index in [1.165, 1.54) is 0 Å². The highest BCUT2D eigenvalue weighted by Gasteiger charge is 2.60. The number of carboxylic acids is 2. The van der Waals surface area contributed by atoms with Gasteiger partial charge in [0.15, 0.2) is 0 Å². The van der Waals surface area contributed by atoms with Crippen molar-refractivity contribution in [2.45, 2.75) is 9.39 Å². The second kappa shape index (κ2) is 3.26. The lowest BCUT2D eigenvalue weighted by Crippen LogP contribution is -2.56. The lowest BCUT2D eigenvalue weighted by Gasteiger charge is -2.25. The number of aliphatic hydroxyl groups is 1. The molecule has 0 radical (unpaired) electrons. The van der Waals surface area contributed by atoms with Gasteiger partial charge in [0.1, 0.15) is 0 Å². The van der Waals surface area contributed by atoms with Crippen LogP contribution in [0.2, 0.25) is 0 Å². The normalized spacial score (nSPS) is 12.7. The third-order valence-electron chi connectivity index (χ3n) is 1.03. The minimum absolute atomic E-state index is 2.14. The van der Waals surface area contributed by atoms with Gasteiger partial charge in [-0.2, -0.15) is 0 Å². The Bertz CT molecular complexity index is 205. The van der Waals surface area contributed by atoms with Gasteiger partial charge in [0, 0.05) is 0 Å². The molecule has 5 nitrogen and oxygen atoms in total. The van der Waals surface area contributed by atoms with Crippen molar-refractivity contribution in [2.75, 3.05) is 0 Å². The van der Waals surface area contributed by atoms with E-state index >= 15 is 0 Å².